The molecule has 8 aromatic carbocycles. The lowest BCUT2D eigenvalue weighted by molar-refractivity contribution is 0.477. The second-order valence-corrected chi connectivity index (χ2v) is 22.4. The van der Waals surface area contributed by atoms with Gasteiger partial charge >= 0.3 is 0 Å². The van der Waals surface area contributed by atoms with Crippen molar-refractivity contribution in [1.29, 1.82) is 0 Å². The molecule has 2 aromatic heterocycles. The molecule has 0 bridgehead atoms. The van der Waals surface area contributed by atoms with Crippen molar-refractivity contribution in [3.8, 4) is 95.2 Å². The topological polar surface area (TPSA) is 49.2 Å². The van der Waals surface area contributed by atoms with E-state index in [0.717, 1.165) is 78.1 Å². The molecule has 4 heteroatoms. The Morgan fingerprint density at radius 3 is 1.51 bits per heavy atom. The molecular formula is C72H61N3O. The number of fused-ring (bicyclic) bond motifs is 3. The Balaban J connectivity index is 1.09. The number of para-hydroxylation sites is 3. The van der Waals surface area contributed by atoms with Gasteiger partial charge in [-0.1, -0.05) is 193 Å². The summed E-state index contributed by atoms with van der Waals surface area (Å²) < 4.78 is 0. The maximum Gasteiger partial charge on any atom is 0.124 e. The first-order valence-corrected chi connectivity index (χ1v) is 26.5. The zero-order valence-electron chi connectivity index (χ0n) is 44.0. The van der Waals surface area contributed by atoms with Crippen LogP contribution in [0.5, 0.6) is 5.75 Å². The molecule has 0 radical (unpaired) electrons. The van der Waals surface area contributed by atoms with Gasteiger partial charge in [-0.2, -0.15) is 0 Å². The summed E-state index contributed by atoms with van der Waals surface area (Å²) in [5, 5.41) is 11.5. The number of rotatable bonds is 9. The van der Waals surface area contributed by atoms with Crippen LogP contribution < -0.4 is 4.90 Å². The zero-order chi connectivity index (χ0) is 52.1. The third-order valence-corrected chi connectivity index (χ3v) is 15.2. The lowest BCUT2D eigenvalue weighted by Crippen LogP contribution is -2.28. The van der Waals surface area contributed by atoms with Gasteiger partial charge < -0.3 is 10.0 Å². The molecule has 0 amide bonds. The Morgan fingerprint density at radius 1 is 0.395 bits per heavy atom. The number of aromatic hydroxyl groups is 1. The monoisotopic (exact) mass is 983 g/mol. The van der Waals surface area contributed by atoms with Crippen LogP contribution in [-0.2, 0) is 10.8 Å². The zero-order valence-corrected chi connectivity index (χ0v) is 44.0. The number of nitrogens with zero attached hydrogens (tertiary/aromatic N) is 3. The van der Waals surface area contributed by atoms with Crippen LogP contribution in [0, 0.1) is 0 Å². The van der Waals surface area contributed by atoms with Crippen molar-refractivity contribution in [2.24, 2.45) is 0 Å². The Morgan fingerprint density at radius 2 is 0.882 bits per heavy atom. The number of pyridine rings is 2. The molecule has 2 unspecified atom stereocenters. The van der Waals surface area contributed by atoms with Gasteiger partial charge in [0.1, 0.15) is 5.75 Å². The minimum atomic E-state index is -0.0873. The number of benzene rings is 8. The van der Waals surface area contributed by atoms with E-state index in [0.29, 0.717) is 11.3 Å². The highest BCUT2D eigenvalue weighted by molar-refractivity contribution is 5.92. The van der Waals surface area contributed by atoms with E-state index < -0.39 is 0 Å². The number of hydrogen-bond donors (Lipinski definition) is 1. The van der Waals surface area contributed by atoms with Gasteiger partial charge in [-0.25, -0.2) is 4.98 Å². The highest BCUT2D eigenvalue weighted by Gasteiger charge is 2.39. The summed E-state index contributed by atoms with van der Waals surface area (Å²) in [5.74, 6) is 0.415. The number of allylic oxidation sites excluding steroid dienone is 2. The van der Waals surface area contributed by atoms with Crippen molar-refractivity contribution in [3.63, 3.8) is 0 Å². The molecule has 1 aliphatic heterocycles. The summed E-state index contributed by atoms with van der Waals surface area (Å²) in [6.07, 6.45) is 11.0. The summed E-state index contributed by atoms with van der Waals surface area (Å²) >= 11 is 0. The van der Waals surface area contributed by atoms with Crippen LogP contribution in [0.15, 0.2) is 243 Å². The van der Waals surface area contributed by atoms with E-state index in [1.165, 1.54) is 28.1 Å². The van der Waals surface area contributed by atoms with E-state index in [1.807, 2.05) is 24.4 Å². The fraction of sp³-hybridized carbons (Fsp3) is 0.139. The molecule has 2 aliphatic rings. The molecule has 2 atom stereocenters. The molecule has 10 aromatic rings. The normalized spacial score (nSPS) is 14.9. The van der Waals surface area contributed by atoms with Crippen LogP contribution in [-0.4, -0.2) is 21.1 Å². The lowest BCUT2D eigenvalue weighted by Gasteiger charge is -2.29. The third kappa shape index (κ3) is 9.37. The lowest BCUT2D eigenvalue weighted by atomic mass is 9.79. The van der Waals surface area contributed by atoms with Crippen LogP contribution in [0.4, 0.5) is 11.4 Å². The van der Waals surface area contributed by atoms with E-state index in [-0.39, 0.29) is 28.5 Å². The highest BCUT2D eigenvalue weighted by atomic mass is 16.3. The number of phenolic OH excluding ortho intramolecular Hbond substituents is 1. The van der Waals surface area contributed by atoms with Gasteiger partial charge in [0, 0.05) is 40.1 Å². The summed E-state index contributed by atoms with van der Waals surface area (Å²) in [6, 6.07) is 76.1. The number of hydrogen-bond acceptors (Lipinski definition) is 4. The van der Waals surface area contributed by atoms with E-state index in [9.17, 15) is 5.11 Å². The van der Waals surface area contributed by atoms with Crippen LogP contribution >= 0.6 is 0 Å². The summed E-state index contributed by atoms with van der Waals surface area (Å²) in [6.45, 7) is 13.7. The van der Waals surface area contributed by atoms with E-state index in [4.69, 9.17) is 9.97 Å². The average Bonchev–Trinajstić information content (AvgIpc) is 3.87. The molecule has 12 rings (SSSR count). The first kappa shape index (κ1) is 48.1. The van der Waals surface area contributed by atoms with Crippen LogP contribution in [0.3, 0.4) is 0 Å². The first-order valence-electron chi connectivity index (χ1n) is 26.5. The first-order chi connectivity index (χ1) is 36.8. The Kier molecular flexibility index (Phi) is 12.3. The molecule has 3 heterocycles. The average molecular weight is 984 g/mol. The Labute approximate surface area is 448 Å². The van der Waals surface area contributed by atoms with E-state index >= 15 is 0 Å². The number of anilines is 2. The van der Waals surface area contributed by atoms with Crippen molar-refractivity contribution < 1.29 is 5.11 Å². The second-order valence-electron chi connectivity index (χ2n) is 22.4. The quantitative estimate of drug-likeness (QED) is 0.157. The van der Waals surface area contributed by atoms with Crippen LogP contribution in [0.2, 0.25) is 0 Å². The van der Waals surface area contributed by atoms with Crippen molar-refractivity contribution in [3.05, 3.63) is 260 Å². The molecule has 0 fully saturated rings. The smallest absolute Gasteiger partial charge is 0.124 e. The summed E-state index contributed by atoms with van der Waals surface area (Å²) in [7, 11) is 0. The van der Waals surface area contributed by atoms with Gasteiger partial charge in [0.05, 0.1) is 28.8 Å². The fourth-order valence-electron chi connectivity index (χ4n) is 11.1. The SMILES string of the molecule is CC(C)(C)c1cc(-c2cc(-c3cc(-c4cc(-c5ccccc5)cc(-c5ccccc5)c4)cc(-c4cc(-c5cccc6c5N(c5ccccc5)C5C=CC=CC65)ccn4)c3)nc(-c3ccccc3O)c2)cc(C(C)(C)C)c1. The van der Waals surface area contributed by atoms with Gasteiger partial charge in [-0.3, -0.25) is 4.98 Å². The maximum absolute atomic E-state index is 11.5. The van der Waals surface area contributed by atoms with Crippen molar-refractivity contribution in [1.82, 2.24) is 9.97 Å². The molecule has 0 saturated heterocycles. The predicted octanol–water partition coefficient (Wildman–Crippen LogP) is 18.8. The summed E-state index contributed by atoms with van der Waals surface area (Å²) in [4.78, 5) is 13.2. The van der Waals surface area contributed by atoms with Gasteiger partial charge in [-0.15, -0.1) is 0 Å². The fourth-order valence-corrected chi connectivity index (χ4v) is 11.1. The molecular weight excluding hydrogens is 923 g/mol. The molecule has 0 spiro atoms. The highest BCUT2D eigenvalue weighted by Crippen LogP contribution is 2.52. The molecule has 1 aliphatic carbocycles. The molecule has 1 N–H and O–H groups in total. The standard InChI is InChI=1S/C72H61N3O/c1-71(2,3)58-41-54(42-59(46-58)72(4,5)6)55-44-66(74-67(45-55)64-28-17-19-32-69(64)76)57-39-53(52-36-50(47-21-10-7-11-22-47)35-51(37-52)48-23-12-8-13-24-48)38-56(40-57)65-43-49(33-34-73-65)61-29-20-30-63-62-27-16-18-31-68(62)75(70(61)63)60-25-14-9-15-26-60/h7-46,62,68,76H,1-6H3. The van der Waals surface area contributed by atoms with E-state index in [2.05, 4.69) is 259 Å². The number of aromatic nitrogens is 2. The minimum Gasteiger partial charge on any atom is -0.507 e. The van der Waals surface area contributed by atoms with Gasteiger partial charge in [0.2, 0.25) is 0 Å². The maximum atomic E-state index is 11.5. The van der Waals surface area contributed by atoms with Gasteiger partial charge in [-0.05, 0) is 163 Å². The van der Waals surface area contributed by atoms with Crippen molar-refractivity contribution in [2.75, 3.05) is 4.90 Å². The second kappa shape index (κ2) is 19.4. The predicted molar refractivity (Wildman–Crippen MR) is 318 cm³/mol. The summed E-state index contributed by atoms with van der Waals surface area (Å²) in [5.41, 5.74) is 22.0. The van der Waals surface area contributed by atoms with Crippen LogP contribution in [0.1, 0.15) is 64.2 Å². The molecule has 76 heavy (non-hydrogen) atoms. The number of phenols is 1. The van der Waals surface area contributed by atoms with E-state index in [1.54, 1.807) is 6.07 Å². The van der Waals surface area contributed by atoms with Gasteiger partial charge in [0.15, 0.2) is 0 Å². The van der Waals surface area contributed by atoms with Crippen molar-refractivity contribution in [2.45, 2.75) is 64.3 Å². The largest absolute Gasteiger partial charge is 0.507 e. The molecule has 0 saturated carbocycles. The van der Waals surface area contributed by atoms with Crippen molar-refractivity contribution >= 4 is 11.4 Å². The molecule has 370 valence electrons. The van der Waals surface area contributed by atoms with Crippen LogP contribution in [0.25, 0.3) is 89.4 Å². The van der Waals surface area contributed by atoms with Gasteiger partial charge in [0.25, 0.3) is 0 Å². The molecule has 4 nitrogen and oxygen atoms in total. The minimum absolute atomic E-state index is 0.0873. The Hall–Kier alpha value is -8.86. The third-order valence-electron chi connectivity index (χ3n) is 15.2. The Bertz CT molecular complexity index is 3770.